The average molecular weight is 266 g/mol. The van der Waals surface area contributed by atoms with E-state index in [9.17, 15) is 9.59 Å². The number of likely N-dealkylation sites (N-methyl/N-ethyl adjacent to an activating group) is 2. The molecule has 2 amide bonds. The van der Waals surface area contributed by atoms with Crippen molar-refractivity contribution in [3.05, 3.63) is 17.5 Å². The molecule has 1 heterocycles. The Labute approximate surface area is 113 Å². The highest BCUT2D eigenvalue weighted by atomic mass is 16.2. The number of carbonyl (C=O) groups is 2. The van der Waals surface area contributed by atoms with Gasteiger partial charge in [0, 0.05) is 20.6 Å². The highest BCUT2D eigenvalue weighted by Crippen LogP contribution is 2.15. The van der Waals surface area contributed by atoms with Crippen molar-refractivity contribution < 1.29 is 9.59 Å². The second-order valence-electron chi connectivity index (χ2n) is 4.76. The van der Waals surface area contributed by atoms with E-state index in [-0.39, 0.29) is 24.3 Å². The van der Waals surface area contributed by atoms with Crippen molar-refractivity contribution in [3.63, 3.8) is 0 Å². The summed E-state index contributed by atoms with van der Waals surface area (Å²) in [5.41, 5.74) is 1.41. The third kappa shape index (κ3) is 3.56. The van der Waals surface area contributed by atoms with Gasteiger partial charge in [-0.15, -0.1) is 0 Å². The Balaban J connectivity index is 2.95. The van der Waals surface area contributed by atoms with Crippen molar-refractivity contribution in [2.45, 2.75) is 33.2 Å². The van der Waals surface area contributed by atoms with Crippen LogP contribution in [-0.4, -0.2) is 47.1 Å². The zero-order valence-electron chi connectivity index (χ0n) is 12.2. The number of carbonyl (C=O) groups excluding carboxylic acids is 2. The fourth-order valence-corrected chi connectivity index (χ4v) is 1.69. The molecular weight excluding hydrogens is 244 g/mol. The number of nitrogens with one attached hydrogen (secondary N) is 1. The first-order valence-corrected chi connectivity index (χ1v) is 6.44. The zero-order valence-corrected chi connectivity index (χ0v) is 12.2. The summed E-state index contributed by atoms with van der Waals surface area (Å²) in [7, 11) is 3.16. The van der Waals surface area contributed by atoms with Gasteiger partial charge in [-0.25, -0.2) is 0 Å². The molecule has 1 aromatic rings. The van der Waals surface area contributed by atoms with Crippen molar-refractivity contribution in [2.24, 2.45) is 0 Å². The number of amides is 2. The molecule has 6 heteroatoms. The fourth-order valence-electron chi connectivity index (χ4n) is 1.69. The molecule has 0 saturated heterocycles. The Kier molecular flexibility index (Phi) is 5.09. The Morgan fingerprint density at radius 3 is 2.58 bits per heavy atom. The van der Waals surface area contributed by atoms with Crippen molar-refractivity contribution in [1.82, 2.24) is 20.0 Å². The summed E-state index contributed by atoms with van der Waals surface area (Å²) in [6.45, 7) is 6.67. The summed E-state index contributed by atoms with van der Waals surface area (Å²) in [4.78, 5) is 25.0. The van der Waals surface area contributed by atoms with Gasteiger partial charge >= 0.3 is 0 Å². The van der Waals surface area contributed by atoms with E-state index in [4.69, 9.17) is 0 Å². The lowest BCUT2D eigenvalue weighted by Crippen LogP contribution is -2.37. The molecule has 0 aliphatic rings. The summed E-state index contributed by atoms with van der Waals surface area (Å²) in [5.74, 6) is -0.115. The van der Waals surface area contributed by atoms with Crippen LogP contribution in [0.1, 0.15) is 42.9 Å². The van der Waals surface area contributed by atoms with Gasteiger partial charge in [0.05, 0.1) is 12.2 Å². The molecule has 1 aromatic heterocycles. The summed E-state index contributed by atoms with van der Waals surface area (Å²) in [5, 5.41) is 6.90. The third-order valence-electron chi connectivity index (χ3n) is 2.92. The van der Waals surface area contributed by atoms with Gasteiger partial charge in [0.15, 0.2) is 0 Å². The normalized spacial score (nSPS) is 10.6. The quantitative estimate of drug-likeness (QED) is 0.859. The van der Waals surface area contributed by atoms with Crippen LogP contribution in [0.25, 0.3) is 0 Å². The topological polar surface area (TPSA) is 67.2 Å². The van der Waals surface area contributed by atoms with Crippen LogP contribution in [0.4, 0.5) is 0 Å². The minimum absolute atomic E-state index is 0.0429. The maximum atomic E-state index is 12.3. The molecule has 1 rings (SSSR count). The summed E-state index contributed by atoms with van der Waals surface area (Å²) < 4.78 is 1.68. The Bertz CT molecular complexity index is 465. The van der Waals surface area contributed by atoms with E-state index in [1.165, 1.54) is 4.90 Å². The van der Waals surface area contributed by atoms with Crippen LogP contribution in [0.3, 0.4) is 0 Å². The summed E-state index contributed by atoms with van der Waals surface area (Å²) in [6, 6.07) is 1.80. The Hall–Kier alpha value is -1.85. The molecule has 0 saturated carbocycles. The van der Waals surface area contributed by atoms with Gasteiger partial charge in [0.2, 0.25) is 5.91 Å². The Morgan fingerprint density at radius 2 is 2.11 bits per heavy atom. The standard InChI is InChI=1S/C13H22N4O2/c1-6-17-11(7-10(15-17)9(2)3)13(19)16(5)8-12(18)14-4/h7,9H,6,8H2,1-5H3,(H,14,18). The first kappa shape index (κ1) is 15.2. The van der Waals surface area contributed by atoms with Crippen LogP contribution in [0.15, 0.2) is 6.07 Å². The van der Waals surface area contributed by atoms with Gasteiger partial charge in [-0.1, -0.05) is 13.8 Å². The Morgan fingerprint density at radius 1 is 1.47 bits per heavy atom. The first-order chi connectivity index (χ1) is 8.90. The largest absolute Gasteiger partial charge is 0.358 e. The van der Waals surface area contributed by atoms with E-state index in [2.05, 4.69) is 10.4 Å². The number of aryl methyl sites for hydroxylation is 1. The van der Waals surface area contributed by atoms with E-state index in [1.807, 2.05) is 20.8 Å². The van der Waals surface area contributed by atoms with Crippen LogP contribution in [-0.2, 0) is 11.3 Å². The number of nitrogens with zero attached hydrogens (tertiary/aromatic N) is 3. The van der Waals surface area contributed by atoms with E-state index < -0.39 is 0 Å². The zero-order chi connectivity index (χ0) is 14.6. The SMILES string of the molecule is CCn1nc(C(C)C)cc1C(=O)N(C)CC(=O)NC. The molecule has 0 fully saturated rings. The van der Waals surface area contributed by atoms with Gasteiger partial charge in [-0.05, 0) is 18.9 Å². The lowest BCUT2D eigenvalue weighted by atomic mass is 10.1. The van der Waals surface area contributed by atoms with Gasteiger partial charge in [0.1, 0.15) is 5.69 Å². The summed E-state index contributed by atoms with van der Waals surface area (Å²) >= 11 is 0. The van der Waals surface area contributed by atoms with Gasteiger partial charge in [0.25, 0.3) is 5.91 Å². The van der Waals surface area contributed by atoms with Crippen molar-refractivity contribution >= 4 is 11.8 Å². The van der Waals surface area contributed by atoms with Gasteiger partial charge in [-0.3, -0.25) is 14.3 Å². The molecule has 106 valence electrons. The lowest BCUT2D eigenvalue weighted by Gasteiger charge is -2.16. The van der Waals surface area contributed by atoms with Crippen LogP contribution in [0, 0.1) is 0 Å². The average Bonchev–Trinajstić information content (AvgIpc) is 2.81. The molecule has 0 aliphatic heterocycles. The van der Waals surface area contributed by atoms with Crippen LogP contribution in [0.2, 0.25) is 0 Å². The van der Waals surface area contributed by atoms with Crippen LogP contribution in [0.5, 0.6) is 0 Å². The molecule has 0 bridgehead atoms. The van der Waals surface area contributed by atoms with E-state index in [1.54, 1.807) is 24.8 Å². The number of hydrogen-bond donors (Lipinski definition) is 1. The molecule has 0 spiro atoms. The van der Waals surface area contributed by atoms with Crippen LogP contribution < -0.4 is 5.32 Å². The molecule has 0 radical (unpaired) electrons. The van der Waals surface area contributed by atoms with E-state index in [0.717, 1.165) is 5.69 Å². The maximum absolute atomic E-state index is 12.3. The van der Waals surface area contributed by atoms with E-state index in [0.29, 0.717) is 12.2 Å². The molecule has 19 heavy (non-hydrogen) atoms. The molecule has 0 aromatic carbocycles. The fraction of sp³-hybridized carbons (Fsp3) is 0.615. The minimum Gasteiger partial charge on any atom is -0.358 e. The highest BCUT2D eigenvalue weighted by Gasteiger charge is 2.20. The van der Waals surface area contributed by atoms with Gasteiger partial charge < -0.3 is 10.2 Å². The number of hydrogen-bond acceptors (Lipinski definition) is 3. The molecule has 0 atom stereocenters. The second-order valence-corrected chi connectivity index (χ2v) is 4.76. The number of rotatable bonds is 5. The highest BCUT2D eigenvalue weighted by molar-refractivity contribution is 5.95. The molecule has 1 N–H and O–H groups in total. The van der Waals surface area contributed by atoms with Crippen molar-refractivity contribution in [1.29, 1.82) is 0 Å². The monoisotopic (exact) mass is 266 g/mol. The van der Waals surface area contributed by atoms with E-state index >= 15 is 0 Å². The maximum Gasteiger partial charge on any atom is 0.272 e. The third-order valence-corrected chi connectivity index (χ3v) is 2.92. The molecule has 0 unspecified atom stereocenters. The smallest absolute Gasteiger partial charge is 0.272 e. The first-order valence-electron chi connectivity index (χ1n) is 6.44. The predicted molar refractivity (Wildman–Crippen MR) is 73.0 cm³/mol. The van der Waals surface area contributed by atoms with Gasteiger partial charge in [-0.2, -0.15) is 5.10 Å². The minimum atomic E-state index is -0.192. The molecule has 0 aliphatic carbocycles. The summed E-state index contributed by atoms with van der Waals surface area (Å²) in [6.07, 6.45) is 0. The van der Waals surface area contributed by atoms with Crippen molar-refractivity contribution in [2.75, 3.05) is 20.6 Å². The molecular formula is C13H22N4O2. The van der Waals surface area contributed by atoms with Crippen LogP contribution >= 0.6 is 0 Å². The lowest BCUT2D eigenvalue weighted by molar-refractivity contribution is -0.121. The van der Waals surface area contributed by atoms with Crippen molar-refractivity contribution in [3.8, 4) is 0 Å². The number of aromatic nitrogens is 2. The predicted octanol–water partition coefficient (Wildman–Crippen LogP) is 0.844. The second kappa shape index (κ2) is 6.36. The molecule has 6 nitrogen and oxygen atoms in total.